The Morgan fingerprint density at radius 2 is 1.91 bits per heavy atom. The number of rotatable bonds is 2. The van der Waals surface area contributed by atoms with Gasteiger partial charge in [-0.2, -0.15) is 0 Å². The largest absolute Gasteiger partial charge is 0.319 e. The smallest absolute Gasteiger partial charge is 0.151 e. The molecule has 0 bridgehead atoms. The van der Waals surface area contributed by atoms with E-state index < -0.39 is 0 Å². The zero-order valence-corrected chi connectivity index (χ0v) is 13.0. The standard InChI is InChI=1S/C21H17NO/c1-15-5-4-8-18(11-15)20-12-16-6-2-3-7-17(16)13-21-19(14-23)9-10-22(20)21/h2-12,14H,13H2,1H3. The lowest BCUT2D eigenvalue weighted by molar-refractivity contribution is 0.112. The number of carbonyl (C=O) groups is 1. The summed E-state index contributed by atoms with van der Waals surface area (Å²) >= 11 is 0. The second kappa shape index (κ2) is 5.40. The van der Waals surface area contributed by atoms with Crippen LogP contribution in [0, 0.1) is 6.92 Å². The Kier molecular flexibility index (Phi) is 3.23. The molecular formula is C21H17NO. The van der Waals surface area contributed by atoms with E-state index in [4.69, 9.17) is 0 Å². The number of carbonyl (C=O) groups excluding carboxylic acids is 1. The molecule has 1 aromatic heterocycles. The van der Waals surface area contributed by atoms with E-state index in [0.717, 1.165) is 35.2 Å². The van der Waals surface area contributed by atoms with E-state index in [1.165, 1.54) is 16.7 Å². The average Bonchev–Trinajstić information content (AvgIpc) is 2.88. The van der Waals surface area contributed by atoms with Gasteiger partial charge in [-0.1, -0.05) is 48.0 Å². The van der Waals surface area contributed by atoms with Crippen LogP contribution in [-0.4, -0.2) is 10.9 Å². The van der Waals surface area contributed by atoms with Gasteiger partial charge in [0.15, 0.2) is 6.29 Å². The Morgan fingerprint density at radius 1 is 1.04 bits per heavy atom. The highest BCUT2D eigenvalue weighted by Gasteiger charge is 2.18. The fraction of sp³-hybridized carbons (Fsp3) is 0.0952. The van der Waals surface area contributed by atoms with Crippen molar-refractivity contribution >= 4 is 18.1 Å². The molecule has 112 valence electrons. The van der Waals surface area contributed by atoms with Gasteiger partial charge in [0.2, 0.25) is 0 Å². The molecule has 0 amide bonds. The van der Waals surface area contributed by atoms with Crippen LogP contribution in [-0.2, 0) is 6.42 Å². The van der Waals surface area contributed by atoms with Crippen LogP contribution in [0.4, 0.5) is 0 Å². The maximum Gasteiger partial charge on any atom is 0.151 e. The summed E-state index contributed by atoms with van der Waals surface area (Å²) in [7, 11) is 0. The number of hydrogen-bond acceptors (Lipinski definition) is 1. The summed E-state index contributed by atoms with van der Waals surface area (Å²) in [6, 6.07) is 18.8. The summed E-state index contributed by atoms with van der Waals surface area (Å²) < 4.78 is 2.15. The SMILES string of the molecule is Cc1cccc(C2=Cc3ccccc3Cc3c(C=O)ccn32)c1. The summed E-state index contributed by atoms with van der Waals surface area (Å²) in [6.45, 7) is 2.10. The monoisotopic (exact) mass is 299 g/mol. The van der Waals surface area contributed by atoms with E-state index in [0.29, 0.717) is 0 Å². The van der Waals surface area contributed by atoms with Crippen LogP contribution in [0.5, 0.6) is 0 Å². The van der Waals surface area contributed by atoms with Gasteiger partial charge in [-0.05, 0) is 41.8 Å². The second-order valence-electron chi connectivity index (χ2n) is 5.98. The van der Waals surface area contributed by atoms with E-state index in [9.17, 15) is 4.79 Å². The molecule has 2 heterocycles. The fourth-order valence-corrected chi connectivity index (χ4v) is 3.26. The van der Waals surface area contributed by atoms with Gasteiger partial charge < -0.3 is 4.57 Å². The average molecular weight is 299 g/mol. The van der Waals surface area contributed by atoms with E-state index >= 15 is 0 Å². The quantitative estimate of drug-likeness (QED) is 0.497. The Labute approximate surface area is 135 Å². The number of benzene rings is 2. The first-order chi connectivity index (χ1) is 11.3. The van der Waals surface area contributed by atoms with Gasteiger partial charge in [0.25, 0.3) is 0 Å². The van der Waals surface area contributed by atoms with Crippen LogP contribution < -0.4 is 0 Å². The lowest BCUT2D eigenvalue weighted by Crippen LogP contribution is -2.03. The van der Waals surface area contributed by atoms with Crippen molar-refractivity contribution < 1.29 is 4.79 Å². The minimum absolute atomic E-state index is 0.764. The van der Waals surface area contributed by atoms with Gasteiger partial charge in [-0.15, -0.1) is 0 Å². The molecule has 0 radical (unpaired) electrons. The van der Waals surface area contributed by atoms with Crippen molar-refractivity contribution in [2.45, 2.75) is 13.3 Å². The molecule has 1 aliphatic heterocycles. The summed E-state index contributed by atoms with van der Waals surface area (Å²) in [6.07, 6.45) is 5.94. The minimum Gasteiger partial charge on any atom is -0.319 e. The molecule has 4 rings (SSSR count). The zero-order chi connectivity index (χ0) is 15.8. The van der Waals surface area contributed by atoms with Gasteiger partial charge in [0, 0.05) is 23.9 Å². The molecule has 2 heteroatoms. The number of aryl methyl sites for hydroxylation is 1. The van der Waals surface area contributed by atoms with Gasteiger partial charge in [0.1, 0.15) is 0 Å². The zero-order valence-electron chi connectivity index (χ0n) is 13.0. The van der Waals surface area contributed by atoms with Crippen LogP contribution in [0.1, 0.15) is 38.3 Å². The number of aromatic nitrogens is 1. The Balaban J connectivity index is 2.01. The molecule has 1 aliphatic rings. The fourth-order valence-electron chi connectivity index (χ4n) is 3.26. The van der Waals surface area contributed by atoms with Gasteiger partial charge >= 0.3 is 0 Å². The highest BCUT2D eigenvalue weighted by atomic mass is 16.1. The molecule has 3 aromatic rings. The molecule has 0 aliphatic carbocycles. The molecule has 0 saturated carbocycles. The molecule has 0 spiro atoms. The lowest BCUT2D eigenvalue weighted by Gasteiger charge is -2.12. The molecule has 0 atom stereocenters. The molecule has 0 fully saturated rings. The third kappa shape index (κ3) is 2.33. The highest BCUT2D eigenvalue weighted by molar-refractivity contribution is 5.87. The van der Waals surface area contributed by atoms with Crippen molar-refractivity contribution in [1.82, 2.24) is 4.57 Å². The third-order valence-electron chi connectivity index (χ3n) is 4.43. The lowest BCUT2D eigenvalue weighted by atomic mass is 10.0. The van der Waals surface area contributed by atoms with E-state index in [2.05, 4.69) is 66.1 Å². The van der Waals surface area contributed by atoms with Crippen LogP contribution in [0.3, 0.4) is 0 Å². The van der Waals surface area contributed by atoms with Crippen molar-refractivity contribution in [3.63, 3.8) is 0 Å². The van der Waals surface area contributed by atoms with Crippen molar-refractivity contribution in [1.29, 1.82) is 0 Å². The Morgan fingerprint density at radius 3 is 2.74 bits per heavy atom. The van der Waals surface area contributed by atoms with E-state index in [-0.39, 0.29) is 0 Å². The Hall–Kier alpha value is -2.87. The highest BCUT2D eigenvalue weighted by Crippen LogP contribution is 2.31. The summed E-state index contributed by atoms with van der Waals surface area (Å²) in [4.78, 5) is 11.4. The summed E-state index contributed by atoms with van der Waals surface area (Å²) in [5, 5.41) is 0. The minimum atomic E-state index is 0.764. The van der Waals surface area contributed by atoms with Crippen molar-refractivity contribution in [2.24, 2.45) is 0 Å². The number of fused-ring (bicyclic) bond motifs is 2. The molecule has 23 heavy (non-hydrogen) atoms. The Bertz CT molecular complexity index is 931. The maximum absolute atomic E-state index is 11.4. The summed E-state index contributed by atoms with van der Waals surface area (Å²) in [5.74, 6) is 0. The van der Waals surface area contributed by atoms with Crippen molar-refractivity contribution in [3.8, 4) is 0 Å². The number of nitrogens with zero attached hydrogens (tertiary/aromatic N) is 1. The summed E-state index contributed by atoms with van der Waals surface area (Å²) in [5.41, 5.74) is 7.78. The predicted octanol–water partition coefficient (Wildman–Crippen LogP) is 4.56. The van der Waals surface area contributed by atoms with E-state index in [1.54, 1.807) is 0 Å². The van der Waals surface area contributed by atoms with Crippen molar-refractivity contribution in [2.75, 3.05) is 0 Å². The van der Waals surface area contributed by atoms with Crippen LogP contribution in [0.2, 0.25) is 0 Å². The number of hydrogen-bond donors (Lipinski definition) is 0. The van der Waals surface area contributed by atoms with Gasteiger partial charge in [-0.25, -0.2) is 0 Å². The molecule has 0 saturated heterocycles. The maximum atomic E-state index is 11.4. The second-order valence-corrected chi connectivity index (χ2v) is 5.98. The molecule has 2 aromatic carbocycles. The first-order valence-electron chi connectivity index (χ1n) is 7.78. The van der Waals surface area contributed by atoms with Crippen LogP contribution >= 0.6 is 0 Å². The number of aldehydes is 1. The normalized spacial score (nSPS) is 12.8. The molecule has 2 nitrogen and oxygen atoms in total. The topological polar surface area (TPSA) is 22.0 Å². The van der Waals surface area contributed by atoms with Gasteiger partial charge in [-0.3, -0.25) is 4.79 Å². The molecule has 0 unspecified atom stereocenters. The molecule has 0 N–H and O–H groups in total. The first-order valence-corrected chi connectivity index (χ1v) is 7.78. The predicted molar refractivity (Wildman–Crippen MR) is 93.5 cm³/mol. The third-order valence-corrected chi connectivity index (χ3v) is 4.43. The van der Waals surface area contributed by atoms with Crippen molar-refractivity contribution in [3.05, 3.63) is 94.3 Å². The van der Waals surface area contributed by atoms with Gasteiger partial charge in [0.05, 0.1) is 5.70 Å². The molecular weight excluding hydrogens is 282 g/mol. The van der Waals surface area contributed by atoms with Crippen LogP contribution in [0.15, 0.2) is 60.8 Å². The van der Waals surface area contributed by atoms with E-state index in [1.807, 2.05) is 12.3 Å². The first kappa shape index (κ1) is 13.8. The van der Waals surface area contributed by atoms with Crippen LogP contribution in [0.25, 0.3) is 11.8 Å².